The third-order valence-electron chi connectivity index (χ3n) is 5.84. The number of nitrogens with one attached hydrogen (secondary N) is 1. The minimum atomic E-state index is -4.83. The van der Waals surface area contributed by atoms with E-state index in [0.717, 1.165) is 17.7 Å². The number of ether oxygens (including phenoxy) is 2. The Labute approximate surface area is 202 Å². The number of halogens is 3. The number of amides is 1. The van der Waals surface area contributed by atoms with Crippen molar-refractivity contribution in [3.63, 3.8) is 0 Å². The van der Waals surface area contributed by atoms with E-state index < -0.39 is 36.5 Å². The van der Waals surface area contributed by atoms with Crippen LogP contribution in [0.2, 0.25) is 0 Å². The standard InChI is InChI=1S/C24H28BF3N2O5/c1-22(2)23(3,4)35-25(34-22)18(14-30-21(31)32-15-16-8-6-5-7-9-16)12-17-10-11-19(13-20(17)29)33-24(26,27)28/h5-13H,14-15,29H2,1-4H3,(H,30,31). The van der Waals surface area contributed by atoms with E-state index in [1.165, 1.54) is 6.07 Å². The predicted molar refractivity (Wildman–Crippen MR) is 126 cm³/mol. The number of rotatable bonds is 7. The van der Waals surface area contributed by atoms with Crippen LogP contribution < -0.4 is 15.8 Å². The van der Waals surface area contributed by atoms with Gasteiger partial charge in [0, 0.05) is 18.3 Å². The van der Waals surface area contributed by atoms with Gasteiger partial charge in [0.2, 0.25) is 0 Å². The Kier molecular flexibility index (Phi) is 7.71. The number of alkyl carbamates (subject to hydrolysis) is 1. The third kappa shape index (κ3) is 7.16. The van der Waals surface area contributed by atoms with E-state index in [1.54, 1.807) is 6.08 Å². The fourth-order valence-electron chi connectivity index (χ4n) is 3.23. The summed E-state index contributed by atoms with van der Waals surface area (Å²) in [4.78, 5) is 12.3. The van der Waals surface area contributed by atoms with Crippen LogP contribution in [0.25, 0.3) is 6.08 Å². The Morgan fingerprint density at radius 2 is 1.71 bits per heavy atom. The van der Waals surface area contributed by atoms with Crippen LogP contribution in [0.4, 0.5) is 23.7 Å². The van der Waals surface area contributed by atoms with Gasteiger partial charge in [0.05, 0.1) is 11.2 Å². The van der Waals surface area contributed by atoms with Gasteiger partial charge in [-0.1, -0.05) is 36.4 Å². The molecule has 0 aliphatic carbocycles. The largest absolute Gasteiger partial charge is 0.573 e. The average molecular weight is 492 g/mol. The first-order valence-corrected chi connectivity index (χ1v) is 10.9. The second kappa shape index (κ2) is 10.2. The first kappa shape index (κ1) is 26.4. The highest BCUT2D eigenvalue weighted by atomic mass is 19.4. The van der Waals surface area contributed by atoms with Crippen molar-refractivity contribution < 1.29 is 36.7 Å². The Bertz CT molecular complexity index is 1060. The number of benzene rings is 2. The monoisotopic (exact) mass is 492 g/mol. The maximum atomic E-state index is 12.5. The third-order valence-corrected chi connectivity index (χ3v) is 5.84. The molecule has 0 spiro atoms. The zero-order valence-electron chi connectivity index (χ0n) is 19.9. The summed E-state index contributed by atoms with van der Waals surface area (Å²) in [6, 6.07) is 12.8. The second-order valence-electron chi connectivity index (χ2n) is 9.06. The fraction of sp³-hybridized carbons (Fsp3) is 0.375. The first-order chi connectivity index (χ1) is 16.3. The Morgan fingerprint density at radius 3 is 2.29 bits per heavy atom. The molecule has 35 heavy (non-hydrogen) atoms. The van der Waals surface area contributed by atoms with E-state index in [1.807, 2.05) is 58.0 Å². The van der Waals surface area contributed by atoms with E-state index in [9.17, 15) is 18.0 Å². The van der Waals surface area contributed by atoms with Crippen LogP contribution in [0, 0.1) is 0 Å². The molecule has 1 aliphatic heterocycles. The van der Waals surface area contributed by atoms with Gasteiger partial charge < -0.3 is 29.8 Å². The molecule has 0 bridgehead atoms. The van der Waals surface area contributed by atoms with E-state index in [-0.39, 0.29) is 18.8 Å². The Hall–Kier alpha value is -3.18. The number of nitrogen functional groups attached to an aromatic ring is 1. The Balaban J connectivity index is 1.78. The second-order valence-corrected chi connectivity index (χ2v) is 9.06. The average Bonchev–Trinajstić information content (AvgIpc) is 2.97. The van der Waals surface area contributed by atoms with Crippen molar-refractivity contribution in [1.29, 1.82) is 0 Å². The van der Waals surface area contributed by atoms with Crippen LogP contribution in [-0.2, 0) is 20.7 Å². The van der Waals surface area contributed by atoms with Crippen molar-refractivity contribution in [2.75, 3.05) is 12.3 Å². The molecule has 1 heterocycles. The number of carbonyl (C=O) groups is 1. The molecule has 1 saturated heterocycles. The van der Waals surface area contributed by atoms with Crippen LogP contribution in [0.5, 0.6) is 5.75 Å². The molecule has 1 aliphatic rings. The number of hydrogen-bond acceptors (Lipinski definition) is 6. The zero-order valence-corrected chi connectivity index (χ0v) is 19.9. The molecule has 0 unspecified atom stereocenters. The minimum Gasteiger partial charge on any atom is -0.445 e. The quantitative estimate of drug-likeness (QED) is 0.413. The molecule has 3 rings (SSSR count). The molecular weight excluding hydrogens is 464 g/mol. The molecule has 3 N–H and O–H groups in total. The summed E-state index contributed by atoms with van der Waals surface area (Å²) in [5, 5.41) is 2.66. The summed E-state index contributed by atoms with van der Waals surface area (Å²) in [7, 11) is -0.833. The molecular formula is C24H28BF3N2O5. The molecule has 0 aromatic heterocycles. The van der Waals surface area contributed by atoms with Crippen molar-refractivity contribution >= 4 is 25.0 Å². The molecule has 0 atom stereocenters. The van der Waals surface area contributed by atoms with Crippen molar-refractivity contribution in [2.45, 2.75) is 51.9 Å². The molecule has 1 fully saturated rings. The topological polar surface area (TPSA) is 92.0 Å². The van der Waals surface area contributed by atoms with Gasteiger partial charge in [0.25, 0.3) is 0 Å². The van der Waals surface area contributed by atoms with Crippen LogP contribution in [0.3, 0.4) is 0 Å². The molecule has 0 saturated carbocycles. The van der Waals surface area contributed by atoms with Crippen LogP contribution in [0.15, 0.2) is 54.0 Å². The lowest BCUT2D eigenvalue weighted by Gasteiger charge is -2.32. The molecule has 2 aromatic carbocycles. The van der Waals surface area contributed by atoms with E-state index >= 15 is 0 Å². The Morgan fingerprint density at radius 1 is 1.09 bits per heavy atom. The summed E-state index contributed by atoms with van der Waals surface area (Å²) >= 11 is 0. The van der Waals surface area contributed by atoms with Crippen LogP contribution in [-0.4, -0.2) is 37.3 Å². The van der Waals surface area contributed by atoms with Gasteiger partial charge in [-0.15, -0.1) is 13.2 Å². The molecule has 11 heteroatoms. The SMILES string of the molecule is CC1(C)OB(C(=Cc2ccc(OC(F)(F)F)cc2N)CNC(=O)OCc2ccccc2)OC1(C)C. The summed E-state index contributed by atoms with van der Waals surface area (Å²) in [5.41, 5.74) is 6.45. The predicted octanol–water partition coefficient (Wildman–Crippen LogP) is 5.11. The smallest absolute Gasteiger partial charge is 0.445 e. The molecule has 1 amide bonds. The van der Waals surface area contributed by atoms with Crippen molar-refractivity contribution in [3.05, 3.63) is 65.1 Å². The van der Waals surface area contributed by atoms with E-state index in [0.29, 0.717) is 11.0 Å². The lowest BCUT2D eigenvalue weighted by Crippen LogP contribution is -2.41. The van der Waals surface area contributed by atoms with Crippen molar-refractivity contribution in [3.8, 4) is 5.75 Å². The first-order valence-electron chi connectivity index (χ1n) is 10.9. The highest BCUT2D eigenvalue weighted by Crippen LogP contribution is 2.39. The van der Waals surface area contributed by atoms with Crippen LogP contribution >= 0.6 is 0 Å². The summed E-state index contributed by atoms with van der Waals surface area (Å²) < 4.78 is 58.9. The van der Waals surface area contributed by atoms with E-state index in [2.05, 4.69) is 10.1 Å². The normalized spacial score (nSPS) is 17.2. The summed E-state index contributed by atoms with van der Waals surface area (Å²) in [6.07, 6.45) is -3.88. The number of nitrogens with two attached hydrogens (primary N) is 1. The highest BCUT2D eigenvalue weighted by molar-refractivity contribution is 6.56. The van der Waals surface area contributed by atoms with Crippen molar-refractivity contribution in [2.24, 2.45) is 0 Å². The highest BCUT2D eigenvalue weighted by Gasteiger charge is 2.52. The molecule has 2 aromatic rings. The number of carbonyl (C=O) groups excluding carboxylic acids is 1. The van der Waals surface area contributed by atoms with Gasteiger partial charge in [0.1, 0.15) is 12.4 Å². The van der Waals surface area contributed by atoms with Crippen LogP contribution in [0.1, 0.15) is 38.8 Å². The summed E-state index contributed by atoms with van der Waals surface area (Å²) in [5.74, 6) is -0.438. The number of anilines is 1. The van der Waals surface area contributed by atoms with Gasteiger partial charge in [-0.2, -0.15) is 0 Å². The van der Waals surface area contributed by atoms with Crippen molar-refractivity contribution in [1.82, 2.24) is 5.32 Å². The maximum absolute atomic E-state index is 12.5. The number of alkyl halides is 3. The van der Waals surface area contributed by atoms with Gasteiger partial charge >= 0.3 is 19.6 Å². The van der Waals surface area contributed by atoms with Gasteiger partial charge in [-0.25, -0.2) is 4.79 Å². The van der Waals surface area contributed by atoms with Gasteiger partial charge in [-0.3, -0.25) is 0 Å². The van der Waals surface area contributed by atoms with Gasteiger partial charge in [0.15, 0.2) is 0 Å². The fourth-order valence-corrected chi connectivity index (χ4v) is 3.23. The van der Waals surface area contributed by atoms with Gasteiger partial charge in [-0.05, 0) is 56.4 Å². The minimum absolute atomic E-state index is 0.00923. The molecule has 7 nitrogen and oxygen atoms in total. The molecule has 188 valence electrons. The lowest BCUT2D eigenvalue weighted by atomic mass is 9.77. The molecule has 0 radical (unpaired) electrons. The number of hydrogen-bond donors (Lipinski definition) is 2. The van der Waals surface area contributed by atoms with E-state index in [4.69, 9.17) is 19.8 Å². The lowest BCUT2D eigenvalue weighted by molar-refractivity contribution is -0.274. The zero-order chi connectivity index (χ0) is 25.9. The summed E-state index contributed by atoms with van der Waals surface area (Å²) in [6.45, 7) is 7.60. The maximum Gasteiger partial charge on any atom is 0.573 e.